The van der Waals surface area contributed by atoms with Crippen molar-refractivity contribution in [1.82, 2.24) is 25.3 Å². The zero-order chi connectivity index (χ0) is 18.3. The molecular formula is C18H24N6O2. The Morgan fingerprint density at radius 1 is 1.19 bits per heavy atom. The first-order chi connectivity index (χ1) is 12.6. The number of hydrogen-bond acceptors (Lipinski definition) is 6. The average Bonchev–Trinajstić information content (AvgIpc) is 3.02. The number of aliphatic imine (C=N–C) groups is 1. The Labute approximate surface area is 152 Å². The number of fused-ring (bicyclic) bond motifs is 1. The quantitative estimate of drug-likeness (QED) is 0.777. The first-order valence-corrected chi connectivity index (χ1v) is 8.98. The standard InChI is InChI=1S/C18H24N6O2/c1-12-5-3-4-6-13(12)11-24-14-15(22(2)18(26)21-16(14)25)20-17(24)23-9-7-19-8-10-23/h3-6,14-15,19H,7-11H2,1-2H3,(H,21,25,26). The third-order valence-corrected chi connectivity index (χ3v) is 5.34. The SMILES string of the molecule is Cc1ccccc1CN1C(N2CCNCC2)=NC2C1C(=O)NC(=O)N2C. The van der Waals surface area contributed by atoms with Gasteiger partial charge in [-0.15, -0.1) is 0 Å². The van der Waals surface area contributed by atoms with Gasteiger partial charge < -0.3 is 20.0 Å². The fourth-order valence-corrected chi connectivity index (χ4v) is 3.78. The predicted octanol–water partition coefficient (Wildman–Crippen LogP) is -0.0519. The molecule has 8 heteroatoms. The number of aryl methyl sites for hydroxylation is 1. The van der Waals surface area contributed by atoms with Gasteiger partial charge in [0, 0.05) is 39.8 Å². The molecule has 0 aliphatic carbocycles. The third kappa shape index (κ3) is 2.80. The molecule has 3 aliphatic rings. The third-order valence-electron chi connectivity index (χ3n) is 5.34. The fourth-order valence-electron chi connectivity index (χ4n) is 3.78. The highest BCUT2D eigenvalue weighted by atomic mass is 16.2. The van der Waals surface area contributed by atoms with Crippen molar-refractivity contribution < 1.29 is 9.59 Å². The van der Waals surface area contributed by atoms with Gasteiger partial charge in [0.05, 0.1) is 0 Å². The summed E-state index contributed by atoms with van der Waals surface area (Å²) in [6.45, 7) is 6.10. The number of amides is 3. The van der Waals surface area contributed by atoms with E-state index in [1.165, 1.54) is 10.5 Å². The van der Waals surface area contributed by atoms with E-state index in [1.807, 2.05) is 12.1 Å². The lowest BCUT2D eigenvalue weighted by molar-refractivity contribution is -0.127. The number of nitrogens with zero attached hydrogens (tertiary/aromatic N) is 4. The molecule has 2 saturated heterocycles. The van der Waals surface area contributed by atoms with E-state index in [-0.39, 0.29) is 5.91 Å². The van der Waals surface area contributed by atoms with Gasteiger partial charge >= 0.3 is 6.03 Å². The van der Waals surface area contributed by atoms with Crippen LogP contribution in [0.1, 0.15) is 11.1 Å². The monoisotopic (exact) mass is 356 g/mol. The first-order valence-electron chi connectivity index (χ1n) is 8.98. The molecule has 8 nitrogen and oxygen atoms in total. The van der Waals surface area contributed by atoms with Crippen molar-refractivity contribution >= 4 is 17.9 Å². The van der Waals surface area contributed by atoms with E-state index < -0.39 is 18.2 Å². The summed E-state index contributed by atoms with van der Waals surface area (Å²) in [4.78, 5) is 35.3. The number of benzene rings is 1. The van der Waals surface area contributed by atoms with Crippen LogP contribution in [0.15, 0.2) is 29.3 Å². The second-order valence-electron chi connectivity index (χ2n) is 6.98. The lowest BCUT2D eigenvalue weighted by Crippen LogP contribution is -2.64. The maximum absolute atomic E-state index is 12.6. The number of guanidine groups is 1. The smallest absolute Gasteiger partial charge is 0.325 e. The van der Waals surface area contributed by atoms with Gasteiger partial charge in [-0.2, -0.15) is 0 Å². The Balaban J connectivity index is 1.69. The second-order valence-corrected chi connectivity index (χ2v) is 6.98. The molecule has 2 N–H and O–H groups in total. The molecule has 0 bridgehead atoms. The van der Waals surface area contributed by atoms with Crippen LogP contribution in [-0.4, -0.2) is 78.0 Å². The molecule has 4 rings (SSSR count). The maximum Gasteiger partial charge on any atom is 0.325 e. The number of rotatable bonds is 2. The number of urea groups is 1. The molecular weight excluding hydrogens is 332 g/mol. The minimum absolute atomic E-state index is 0.277. The normalized spacial score (nSPS) is 25.9. The Hall–Kier alpha value is -2.61. The van der Waals surface area contributed by atoms with E-state index >= 15 is 0 Å². The largest absolute Gasteiger partial charge is 0.340 e. The van der Waals surface area contributed by atoms with Gasteiger partial charge in [-0.05, 0) is 18.1 Å². The molecule has 0 radical (unpaired) electrons. The van der Waals surface area contributed by atoms with Crippen LogP contribution in [0.3, 0.4) is 0 Å². The summed E-state index contributed by atoms with van der Waals surface area (Å²) in [5.74, 6) is 0.530. The number of hydrogen-bond donors (Lipinski definition) is 2. The van der Waals surface area contributed by atoms with Crippen LogP contribution in [0.2, 0.25) is 0 Å². The molecule has 0 spiro atoms. The van der Waals surface area contributed by atoms with Crippen LogP contribution in [0.5, 0.6) is 0 Å². The van der Waals surface area contributed by atoms with Crippen molar-refractivity contribution in [2.45, 2.75) is 25.7 Å². The summed E-state index contributed by atoms with van der Waals surface area (Å²) in [7, 11) is 1.69. The number of nitrogens with one attached hydrogen (secondary N) is 2. The maximum atomic E-state index is 12.6. The molecule has 3 aliphatic heterocycles. The van der Waals surface area contributed by atoms with Crippen LogP contribution in [-0.2, 0) is 11.3 Å². The van der Waals surface area contributed by atoms with Gasteiger partial charge in [-0.3, -0.25) is 10.1 Å². The van der Waals surface area contributed by atoms with Crippen molar-refractivity contribution in [2.75, 3.05) is 33.2 Å². The Bertz CT molecular complexity index is 758. The van der Waals surface area contributed by atoms with Crippen LogP contribution in [0, 0.1) is 6.92 Å². The molecule has 26 heavy (non-hydrogen) atoms. The fraction of sp³-hybridized carbons (Fsp3) is 0.500. The van der Waals surface area contributed by atoms with Crippen LogP contribution >= 0.6 is 0 Å². The molecule has 138 valence electrons. The topological polar surface area (TPSA) is 80.3 Å². The molecule has 0 aromatic heterocycles. The molecule has 2 unspecified atom stereocenters. The van der Waals surface area contributed by atoms with Crippen molar-refractivity contribution in [1.29, 1.82) is 0 Å². The van der Waals surface area contributed by atoms with Gasteiger partial charge in [0.25, 0.3) is 5.91 Å². The second kappa shape index (κ2) is 6.60. The van der Waals surface area contributed by atoms with Crippen molar-refractivity contribution in [3.63, 3.8) is 0 Å². The molecule has 2 fully saturated rings. The Morgan fingerprint density at radius 3 is 2.65 bits per heavy atom. The summed E-state index contributed by atoms with van der Waals surface area (Å²) in [6.07, 6.45) is -0.481. The summed E-state index contributed by atoms with van der Waals surface area (Å²) < 4.78 is 0. The summed E-state index contributed by atoms with van der Waals surface area (Å²) >= 11 is 0. The minimum atomic E-state index is -0.498. The van der Waals surface area contributed by atoms with E-state index in [1.54, 1.807) is 7.05 Å². The van der Waals surface area contributed by atoms with Crippen molar-refractivity contribution in [3.05, 3.63) is 35.4 Å². The number of piperazine rings is 1. The lowest BCUT2D eigenvalue weighted by atomic mass is 10.1. The van der Waals surface area contributed by atoms with Gasteiger partial charge in [0.1, 0.15) is 0 Å². The number of likely N-dealkylation sites (N-methyl/N-ethyl adjacent to an activating group) is 1. The van der Waals surface area contributed by atoms with Gasteiger partial charge in [-0.25, -0.2) is 9.79 Å². The van der Waals surface area contributed by atoms with E-state index in [2.05, 4.69) is 39.5 Å². The highest BCUT2D eigenvalue weighted by Crippen LogP contribution is 2.28. The molecule has 0 saturated carbocycles. The zero-order valence-electron chi connectivity index (χ0n) is 15.1. The Morgan fingerprint density at radius 2 is 1.92 bits per heavy atom. The van der Waals surface area contributed by atoms with Gasteiger partial charge in [0.15, 0.2) is 18.2 Å². The van der Waals surface area contributed by atoms with Crippen molar-refractivity contribution in [3.8, 4) is 0 Å². The zero-order valence-corrected chi connectivity index (χ0v) is 15.1. The van der Waals surface area contributed by atoms with Crippen LogP contribution in [0.4, 0.5) is 4.79 Å². The number of carbonyl (C=O) groups excluding carboxylic acids is 2. The first kappa shape index (κ1) is 16.8. The molecule has 3 heterocycles. The Kier molecular flexibility index (Phi) is 4.28. The highest BCUT2D eigenvalue weighted by Gasteiger charge is 2.49. The summed E-state index contributed by atoms with van der Waals surface area (Å²) in [5, 5.41) is 5.80. The van der Waals surface area contributed by atoms with Crippen LogP contribution < -0.4 is 10.6 Å². The van der Waals surface area contributed by atoms with E-state index in [4.69, 9.17) is 4.99 Å². The minimum Gasteiger partial charge on any atom is -0.340 e. The number of imide groups is 1. The summed E-state index contributed by atoms with van der Waals surface area (Å²) in [6, 6.07) is 7.28. The van der Waals surface area contributed by atoms with Gasteiger partial charge in [0.2, 0.25) is 0 Å². The van der Waals surface area contributed by atoms with E-state index in [9.17, 15) is 9.59 Å². The lowest BCUT2D eigenvalue weighted by Gasteiger charge is -2.38. The summed E-state index contributed by atoms with van der Waals surface area (Å²) in [5.41, 5.74) is 2.33. The molecule has 2 atom stereocenters. The van der Waals surface area contributed by atoms with E-state index in [0.29, 0.717) is 6.54 Å². The van der Waals surface area contributed by atoms with E-state index in [0.717, 1.165) is 37.7 Å². The molecule has 1 aromatic rings. The van der Waals surface area contributed by atoms with Gasteiger partial charge in [-0.1, -0.05) is 24.3 Å². The van der Waals surface area contributed by atoms with Crippen molar-refractivity contribution in [2.24, 2.45) is 4.99 Å². The average molecular weight is 356 g/mol. The predicted molar refractivity (Wildman–Crippen MR) is 97.5 cm³/mol. The molecule has 3 amide bonds. The van der Waals surface area contributed by atoms with Crippen LogP contribution in [0.25, 0.3) is 0 Å². The number of carbonyl (C=O) groups is 2. The molecule has 1 aromatic carbocycles. The highest BCUT2D eigenvalue weighted by molar-refractivity contribution is 6.03.